The largest absolute Gasteiger partial charge is 0.492 e. The van der Waals surface area contributed by atoms with Gasteiger partial charge in [-0.05, 0) is 43.3 Å². The molecule has 3 aromatic rings. The zero-order valence-electron chi connectivity index (χ0n) is 19.1. The van der Waals surface area contributed by atoms with Crippen LogP contribution >= 0.6 is 23.2 Å². The first-order valence-electron chi connectivity index (χ1n) is 10.8. The Morgan fingerprint density at radius 2 is 1.69 bits per heavy atom. The molecule has 0 unspecified atom stereocenters. The molecule has 0 aromatic heterocycles. The molecule has 0 heterocycles. The van der Waals surface area contributed by atoms with Gasteiger partial charge in [0.15, 0.2) is 5.78 Å². The monoisotopic (exact) mass is 534 g/mol. The van der Waals surface area contributed by atoms with Crippen molar-refractivity contribution in [2.45, 2.75) is 18.7 Å². The molecule has 3 aromatic carbocycles. The van der Waals surface area contributed by atoms with Crippen molar-refractivity contribution in [1.29, 1.82) is 0 Å². The molecular formula is C25H24Cl2N2O5S. The molecule has 0 radical (unpaired) electrons. The highest BCUT2D eigenvalue weighted by atomic mass is 35.5. The number of ketones is 1. The van der Waals surface area contributed by atoms with Crippen molar-refractivity contribution in [3.8, 4) is 5.75 Å². The number of benzene rings is 3. The summed E-state index contributed by atoms with van der Waals surface area (Å²) in [4.78, 5) is 25.8. The van der Waals surface area contributed by atoms with Gasteiger partial charge in [0.05, 0.1) is 28.8 Å². The van der Waals surface area contributed by atoms with E-state index < -0.39 is 22.5 Å². The number of rotatable bonds is 10. The van der Waals surface area contributed by atoms with E-state index in [9.17, 15) is 18.0 Å². The maximum absolute atomic E-state index is 13.2. The van der Waals surface area contributed by atoms with Gasteiger partial charge in [0.1, 0.15) is 5.75 Å². The quantitative estimate of drug-likeness (QED) is 0.357. The first kappa shape index (κ1) is 26.7. The number of halogens is 2. The Bertz CT molecular complexity index is 1330. The Labute approximate surface area is 214 Å². The van der Waals surface area contributed by atoms with Crippen LogP contribution in [0.5, 0.6) is 5.75 Å². The van der Waals surface area contributed by atoms with Crippen LogP contribution in [0.3, 0.4) is 0 Å². The maximum atomic E-state index is 13.2. The van der Waals surface area contributed by atoms with Crippen LogP contribution in [0.1, 0.15) is 29.8 Å². The van der Waals surface area contributed by atoms with Crippen molar-refractivity contribution in [1.82, 2.24) is 4.31 Å². The smallest absolute Gasteiger partial charge is 0.243 e. The standard InChI is InChI=1S/C25H24Cl2N2O5S/c1-3-29(35(32,33)19-11-13-23(34-4-2)21(27)15-19)16-24(30)28-22-12-10-18(26)14-20(22)25(31)17-8-6-5-7-9-17/h5-15H,3-4,16H2,1-2H3,(H,28,30). The lowest BCUT2D eigenvalue weighted by atomic mass is 10.0. The lowest BCUT2D eigenvalue weighted by Gasteiger charge is -2.21. The molecule has 0 saturated carbocycles. The molecule has 35 heavy (non-hydrogen) atoms. The van der Waals surface area contributed by atoms with E-state index in [4.69, 9.17) is 27.9 Å². The van der Waals surface area contributed by atoms with E-state index in [-0.39, 0.29) is 33.5 Å². The third kappa shape index (κ3) is 6.41. The number of hydrogen-bond acceptors (Lipinski definition) is 5. The molecule has 1 N–H and O–H groups in total. The summed E-state index contributed by atoms with van der Waals surface area (Å²) in [5, 5.41) is 3.12. The van der Waals surface area contributed by atoms with Crippen molar-refractivity contribution >= 4 is 50.6 Å². The first-order chi connectivity index (χ1) is 16.7. The zero-order valence-corrected chi connectivity index (χ0v) is 21.5. The molecule has 184 valence electrons. The Hall–Kier alpha value is -2.91. The fraction of sp³-hybridized carbons (Fsp3) is 0.200. The fourth-order valence-corrected chi connectivity index (χ4v) is 5.24. The van der Waals surface area contributed by atoms with E-state index in [0.29, 0.717) is 22.9 Å². The predicted molar refractivity (Wildman–Crippen MR) is 137 cm³/mol. The third-order valence-corrected chi connectivity index (χ3v) is 7.50. The first-order valence-corrected chi connectivity index (χ1v) is 13.0. The summed E-state index contributed by atoms with van der Waals surface area (Å²) in [6.07, 6.45) is 0. The minimum atomic E-state index is -4.02. The average Bonchev–Trinajstić information content (AvgIpc) is 2.85. The van der Waals surface area contributed by atoms with Crippen LogP contribution in [0.15, 0.2) is 71.6 Å². The minimum absolute atomic E-state index is 0.0387. The Morgan fingerprint density at radius 3 is 2.31 bits per heavy atom. The van der Waals surface area contributed by atoms with E-state index in [1.165, 1.54) is 36.4 Å². The van der Waals surface area contributed by atoms with Gasteiger partial charge >= 0.3 is 0 Å². The summed E-state index contributed by atoms with van der Waals surface area (Å²) in [6, 6.07) is 17.2. The summed E-state index contributed by atoms with van der Waals surface area (Å²) in [6.45, 7) is 3.36. The SMILES string of the molecule is CCOc1ccc(S(=O)(=O)N(CC)CC(=O)Nc2ccc(Cl)cc2C(=O)c2ccccc2)cc1Cl. The van der Waals surface area contributed by atoms with Crippen LogP contribution in [-0.2, 0) is 14.8 Å². The molecular weight excluding hydrogens is 511 g/mol. The van der Waals surface area contributed by atoms with Crippen molar-refractivity contribution in [2.24, 2.45) is 0 Å². The number of carbonyl (C=O) groups is 2. The van der Waals surface area contributed by atoms with E-state index in [2.05, 4.69) is 5.32 Å². The molecule has 0 aliphatic carbocycles. The van der Waals surface area contributed by atoms with Crippen LogP contribution < -0.4 is 10.1 Å². The van der Waals surface area contributed by atoms with Gasteiger partial charge in [-0.2, -0.15) is 4.31 Å². The number of anilines is 1. The molecule has 0 aliphatic rings. The van der Waals surface area contributed by atoms with Crippen LogP contribution in [-0.4, -0.2) is 44.1 Å². The van der Waals surface area contributed by atoms with Crippen molar-refractivity contribution in [3.63, 3.8) is 0 Å². The fourth-order valence-electron chi connectivity index (χ4n) is 3.34. The molecule has 0 saturated heterocycles. The number of nitrogens with one attached hydrogen (secondary N) is 1. The van der Waals surface area contributed by atoms with Gasteiger partial charge in [-0.3, -0.25) is 9.59 Å². The number of likely N-dealkylation sites (N-methyl/N-ethyl adjacent to an activating group) is 1. The summed E-state index contributed by atoms with van der Waals surface area (Å²) in [7, 11) is -4.02. The second kappa shape index (κ2) is 11.7. The molecule has 7 nitrogen and oxygen atoms in total. The van der Waals surface area contributed by atoms with Crippen LogP contribution in [0.25, 0.3) is 0 Å². The highest BCUT2D eigenvalue weighted by molar-refractivity contribution is 7.89. The Kier molecular flexibility index (Phi) is 8.91. The molecule has 10 heteroatoms. The van der Waals surface area contributed by atoms with Crippen LogP contribution in [0, 0.1) is 0 Å². The summed E-state index contributed by atoms with van der Waals surface area (Å²) in [5.41, 5.74) is 0.850. The normalized spacial score (nSPS) is 11.3. The van der Waals surface area contributed by atoms with E-state index in [1.807, 2.05) is 0 Å². The molecule has 0 fully saturated rings. The summed E-state index contributed by atoms with van der Waals surface area (Å²) >= 11 is 12.2. The van der Waals surface area contributed by atoms with E-state index in [1.54, 1.807) is 44.2 Å². The van der Waals surface area contributed by atoms with Crippen molar-refractivity contribution in [2.75, 3.05) is 25.0 Å². The molecule has 0 atom stereocenters. The molecule has 0 aliphatic heterocycles. The number of carbonyl (C=O) groups excluding carboxylic acids is 2. The highest BCUT2D eigenvalue weighted by Crippen LogP contribution is 2.29. The van der Waals surface area contributed by atoms with Gasteiger partial charge in [0.2, 0.25) is 15.9 Å². The summed E-state index contributed by atoms with van der Waals surface area (Å²) < 4.78 is 32.7. The van der Waals surface area contributed by atoms with Gasteiger partial charge in [-0.1, -0.05) is 60.5 Å². The topological polar surface area (TPSA) is 92.8 Å². The van der Waals surface area contributed by atoms with E-state index >= 15 is 0 Å². The van der Waals surface area contributed by atoms with Gasteiger partial charge in [0.25, 0.3) is 0 Å². The number of sulfonamides is 1. The van der Waals surface area contributed by atoms with Gasteiger partial charge in [-0.15, -0.1) is 0 Å². The molecule has 1 amide bonds. The van der Waals surface area contributed by atoms with Crippen molar-refractivity contribution in [3.05, 3.63) is 87.9 Å². The molecule has 3 rings (SSSR count). The Balaban J connectivity index is 1.82. The average molecular weight is 535 g/mol. The predicted octanol–water partition coefficient (Wildman–Crippen LogP) is 5.27. The Morgan fingerprint density at radius 1 is 0.971 bits per heavy atom. The lowest BCUT2D eigenvalue weighted by Crippen LogP contribution is -2.38. The maximum Gasteiger partial charge on any atom is 0.243 e. The number of ether oxygens (including phenoxy) is 1. The van der Waals surface area contributed by atoms with Crippen LogP contribution in [0.2, 0.25) is 10.0 Å². The number of nitrogens with zero attached hydrogens (tertiary/aromatic N) is 1. The second-order valence-electron chi connectivity index (χ2n) is 7.39. The van der Waals surface area contributed by atoms with Crippen LogP contribution in [0.4, 0.5) is 5.69 Å². The molecule has 0 bridgehead atoms. The van der Waals surface area contributed by atoms with Gasteiger partial charge in [0, 0.05) is 22.7 Å². The minimum Gasteiger partial charge on any atom is -0.492 e. The number of hydrogen-bond donors (Lipinski definition) is 1. The summed E-state index contributed by atoms with van der Waals surface area (Å²) in [5.74, 6) is -0.573. The highest BCUT2D eigenvalue weighted by Gasteiger charge is 2.27. The van der Waals surface area contributed by atoms with E-state index in [0.717, 1.165) is 4.31 Å². The third-order valence-electron chi connectivity index (χ3n) is 5.05. The number of amides is 1. The zero-order chi connectivity index (χ0) is 25.6. The van der Waals surface area contributed by atoms with Gasteiger partial charge < -0.3 is 10.1 Å². The van der Waals surface area contributed by atoms with Crippen molar-refractivity contribution < 1.29 is 22.7 Å². The second-order valence-corrected chi connectivity index (χ2v) is 10.2. The molecule has 0 spiro atoms. The lowest BCUT2D eigenvalue weighted by molar-refractivity contribution is -0.116. The van der Waals surface area contributed by atoms with Gasteiger partial charge in [-0.25, -0.2) is 8.42 Å².